The highest BCUT2D eigenvalue weighted by Crippen LogP contribution is 2.51. The predicted octanol–water partition coefficient (Wildman–Crippen LogP) is 3.91. The average molecular weight is 352 g/mol. The number of carbonyl (C=O) groups is 1. The lowest BCUT2D eigenvalue weighted by Gasteiger charge is -2.25. The van der Waals surface area contributed by atoms with Crippen molar-refractivity contribution in [1.29, 1.82) is 0 Å². The molecule has 0 spiro atoms. The van der Waals surface area contributed by atoms with Crippen molar-refractivity contribution in [1.82, 2.24) is 14.3 Å². The molecule has 1 atom stereocenters. The number of amides is 1. The number of hydrogen-bond acceptors (Lipinski definition) is 5. The Morgan fingerprint density at radius 2 is 1.96 bits per heavy atom. The monoisotopic (exact) mass is 352 g/mol. The fourth-order valence-electron chi connectivity index (χ4n) is 3.55. The number of allylic oxidation sites excluding steroid dienone is 4. The van der Waals surface area contributed by atoms with E-state index in [9.17, 15) is 4.79 Å². The van der Waals surface area contributed by atoms with Crippen molar-refractivity contribution in [3.63, 3.8) is 0 Å². The first-order valence-corrected chi connectivity index (χ1v) is 9.14. The maximum atomic E-state index is 13.1. The van der Waals surface area contributed by atoms with Gasteiger partial charge in [-0.1, -0.05) is 19.9 Å². The summed E-state index contributed by atoms with van der Waals surface area (Å²) in [6, 6.07) is 1.98. The molecule has 1 aliphatic heterocycles. The number of nitrogens with zero attached hydrogens (tertiary/aromatic N) is 4. The maximum Gasteiger partial charge on any atom is 0.238 e. The van der Waals surface area contributed by atoms with Crippen LogP contribution in [0.25, 0.3) is 5.57 Å². The number of carbonyl (C=O) groups excluding carboxylic acids is 1. The molecule has 0 saturated carbocycles. The fraction of sp³-hybridized carbons (Fsp3) is 0.368. The van der Waals surface area contributed by atoms with Crippen molar-refractivity contribution in [2.75, 3.05) is 4.90 Å². The normalized spacial score (nSPS) is 21.8. The molecule has 0 aromatic carbocycles. The van der Waals surface area contributed by atoms with Crippen molar-refractivity contribution in [3.05, 3.63) is 53.4 Å². The van der Waals surface area contributed by atoms with Gasteiger partial charge in [0.1, 0.15) is 10.8 Å². The first-order valence-electron chi connectivity index (χ1n) is 8.36. The summed E-state index contributed by atoms with van der Waals surface area (Å²) in [7, 11) is 0. The highest BCUT2D eigenvalue weighted by molar-refractivity contribution is 7.10. The number of aromatic nitrogens is 3. The minimum atomic E-state index is -0.421. The van der Waals surface area contributed by atoms with Crippen molar-refractivity contribution in [3.8, 4) is 0 Å². The minimum absolute atomic E-state index is 0.141. The van der Waals surface area contributed by atoms with E-state index in [1.807, 2.05) is 51.1 Å². The standard InChI is InChI=1S/C19H20N4OS/c1-11-7-17(25-22-11)23-16-8-13(14-9-20-12(2)21-10-14)5-6-15(16)19(3,4)18(23)24/h5,7-10,15H,6H2,1-4H3. The fourth-order valence-corrected chi connectivity index (χ4v) is 4.33. The lowest BCUT2D eigenvalue weighted by atomic mass is 9.75. The molecule has 0 N–H and O–H groups in total. The summed E-state index contributed by atoms with van der Waals surface area (Å²) < 4.78 is 4.35. The van der Waals surface area contributed by atoms with Gasteiger partial charge in [0.05, 0.1) is 11.1 Å². The largest absolute Gasteiger partial charge is 0.274 e. The zero-order chi connectivity index (χ0) is 17.8. The van der Waals surface area contributed by atoms with Gasteiger partial charge in [0.2, 0.25) is 5.91 Å². The van der Waals surface area contributed by atoms with E-state index in [0.29, 0.717) is 0 Å². The van der Waals surface area contributed by atoms with E-state index in [1.165, 1.54) is 11.5 Å². The third-order valence-electron chi connectivity index (χ3n) is 5.07. The Morgan fingerprint density at radius 1 is 1.24 bits per heavy atom. The van der Waals surface area contributed by atoms with Gasteiger partial charge in [-0.05, 0) is 49.5 Å². The molecule has 128 valence electrons. The van der Waals surface area contributed by atoms with E-state index in [2.05, 4.69) is 26.5 Å². The van der Waals surface area contributed by atoms with Crippen LogP contribution in [0.1, 0.15) is 37.4 Å². The molecular formula is C19H20N4OS. The molecule has 4 rings (SSSR count). The molecule has 2 aromatic heterocycles. The van der Waals surface area contributed by atoms with E-state index >= 15 is 0 Å². The minimum Gasteiger partial charge on any atom is -0.274 e. The molecule has 5 nitrogen and oxygen atoms in total. The smallest absolute Gasteiger partial charge is 0.238 e. The Balaban J connectivity index is 1.79. The molecule has 3 heterocycles. The van der Waals surface area contributed by atoms with Gasteiger partial charge in [-0.15, -0.1) is 0 Å². The maximum absolute atomic E-state index is 13.1. The van der Waals surface area contributed by atoms with Gasteiger partial charge < -0.3 is 0 Å². The van der Waals surface area contributed by atoms with Crippen LogP contribution in [-0.4, -0.2) is 20.2 Å². The topological polar surface area (TPSA) is 59.0 Å². The second kappa shape index (κ2) is 5.59. The van der Waals surface area contributed by atoms with Crippen LogP contribution in [0.4, 0.5) is 5.00 Å². The molecule has 2 aromatic rings. The summed E-state index contributed by atoms with van der Waals surface area (Å²) in [5.74, 6) is 1.07. The van der Waals surface area contributed by atoms with Crippen LogP contribution in [0.5, 0.6) is 0 Å². The second-order valence-corrected chi connectivity index (χ2v) is 7.99. The van der Waals surface area contributed by atoms with Gasteiger partial charge in [-0.25, -0.2) is 9.97 Å². The summed E-state index contributed by atoms with van der Waals surface area (Å²) in [5.41, 5.74) is 3.62. The number of aryl methyl sites for hydroxylation is 2. The van der Waals surface area contributed by atoms with Gasteiger partial charge in [0.25, 0.3) is 0 Å². The number of fused-ring (bicyclic) bond motifs is 1. The number of hydrogen-bond donors (Lipinski definition) is 0. The van der Waals surface area contributed by atoms with E-state index in [0.717, 1.165) is 39.8 Å². The van der Waals surface area contributed by atoms with Crippen molar-refractivity contribution in [2.24, 2.45) is 11.3 Å². The zero-order valence-electron chi connectivity index (χ0n) is 14.8. The third kappa shape index (κ3) is 2.52. The number of rotatable bonds is 2. The van der Waals surface area contributed by atoms with E-state index < -0.39 is 5.41 Å². The summed E-state index contributed by atoms with van der Waals surface area (Å²) in [6.45, 7) is 7.90. The molecule has 0 radical (unpaired) electrons. The van der Waals surface area contributed by atoms with Crippen LogP contribution in [0.15, 0.2) is 36.3 Å². The van der Waals surface area contributed by atoms with E-state index in [4.69, 9.17) is 0 Å². The molecule has 1 amide bonds. The Kier molecular flexibility index (Phi) is 3.61. The molecule has 1 unspecified atom stereocenters. The van der Waals surface area contributed by atoms with Crippen LogP contribution < -0.4 is 4.90 Å². The lowest BCUT2D eigenvalue weighted by Crippen LogP contribution is -2.31. The van der Waals surface area contributed by atoms with E-state index in [-0.39, 0.29) is 11.8 Å². The Hall–Kier alpha value is -2.34. The van der Waals surface area contributed by atoms with Crippen molar-refractivity contribution in [2.45, 2.75) is 34.1 Å². The molecule has 25 heavy (non-hydrogen) atoms. The highest BCUT2D eigenvalue weighted by atomic mass is 32.1. The highest BCUT2D eigenvalue weighted by Gasteiger charge is 2.51. The molecule has 1 fully saturated rings. The van der Waals surface area contributed by atoms with Gasteiger partial charge in [0.15, 0.2) is 0 Å². The van der Waals surface area contributed by atoms with Crippen LogP contribution in [0.2, 0.25) is 0 Å². The Bertz CT molecular complexity index is 908. The molecule has 6 heteroatoms. The summed E-state index contributed by atoms with van der Waals surface area (Å²) >= 11 is 1.38. The molecule has 0 bridgehead atoms. The zero-order valence-corrected chi connectivity index (χ0v) is 15.6. The quantitative estimate of drug-likeness (QED) is 0.822. The van der Waals surface area contributed by atoms with Gasteiger partial charge in [0, 0.05) is 29.6 Å². The third-order valence-corrected chi connectivity index (χ3v) is 5.93. The van der Waals surface area contributed by atoms with Crippen LogP contribution in [0, 0.1) is 25.2 Å². The van der Waals surface area contributed by atoms with Gasteiger partial charge >= 0.3 is 0 Å². The van der Waals surface area contributed by atoms with Gasteiger partial charge in [-0.2, -0.15) is 4.37 Å². The Labute approximate surface area is 151 Å². The number of anilines is 1. The van der Waals surface area contributed by atoms with Crippen LogP contribution >= 0.6 is 11.5 Å². The lowest BCUT2D eigenvalue weighted by molar-refractivity contribution is -0.125. The van der Waals surface area contributed by atoms with Gasteiger partial charge in [-0.3, -0.25) is 9.69 Å². The average Bonchev–Trinajstić information content (AvgIpc) is 3.08. The van der Waals surface area contributed by atoms with Crippen molar-refractivity contribution >= 4 is 28.0 Å². The summed E-state index contributed by atoms with van der Waals surface area (Å²) in [4.78, 5) is 23.6. The first kappa shape index (κ1) is 16.1. The van der Waals surface area contributed by atoms with Crippen LogP contribution in [-0.2, 0) is 4.79 Å². The SMILES string of the molecule is Cc1cc(N2C(=O)C(C)(C)C3CC=C(c4cnc(C)nc4)C=C32)sn1. The predicted molar refractivity (Wildman–Crippen MR) is 99.1 cm³/mol. The molecule has 1 aliphatic carbocycles. The molecular weight excluding hydrogens is 332 g/mol. The molecule has 1 saturated heterocycles. The first-order chi connectivity index (χ1) is 11.9. The second-order valence-electron chi connectivity index (χ2n) is 7.20. The van der Waals surface area contributed by atoms with Crippen LogP contribution in [0.3, 0.4) is 0 Å². The Morgan fingerprint density at radius 3 is 2.60 bits per heavy atom. The van der Waals surface area contributed by atoms with E-state index in [1.54, 1.807) is 0 Å². The molecule has 2 aliphatic rings. The summed E-state index contributed by atoms with van der Waals surface area (Å²) in [5, 5.41) is 0.894. The summed E-state index contributed by atoms with van der Waals surface area (Å²) in [6.07, 6.45) is 8.83. The van der Waals surface area contributed by atoms with Crippen molar-refractivity contribution < 1.29 is 4.79 Å².